The van der Waals surface area contributed by atoms with Crippen LogP contribution in [0.4, 0.5) is 5.69 Å². The van der Waals surface area contributed by atoms with Gasteiger partial charge in [0.1, 0.15) is 6.04 Å². The zero-order valence-electron chi connectivity index (χ0n) is 15.1. The van der Waals surface area contributed by atoms with Crippen molar-refractivity contribution >= 4 is 23.4 Å². The number of carbonyl (C=O) groups excluding carboxylic acids is 3. The molecule has 2 fully saturated rings. The van der Waals surface area contributed by atoms with Gasteiger partial charge in [-0.2, -0.15) is 0 Å². The van der Waals surface area contributed by atoms with Crippen molar-refractivity contribution < 1.29 is 14.4 Å². The van der Waals surface area contributed by atoms with Crippen molar-refractivity contribution in [2.75, 3.05) is 18.0 Å². The molecule has 26 heavy (non-hydrogen) atoms. The van der Waals surface area contributed by atoms with E-state index in [2.05, 4.69) is 35.4 Å². The average molecular weight is 356 g/mol. The van der Waals surface area contributed by atoms with E-state index in [1.165, 1.54) is 0 Å². The highest BCUT2D eigenvalue weighted by atomic mass is 16.2. The van der Waals surface area contributed by atoms with Crippen LogP contribution in [-0.4, -0.2) is 53.8 Å². The molecule has 3 aliphatic rings. The molecule has 7 heteroatoms. The second-order valence-corrected chi connectivity index (χ2v) is 7.62. The number of hydrogen-bond donors (Lipinski definition) is 2. The van der Waals surface area contributed by atoms with E-state index >= 15 is 0 Å². The van der Waals surface area contributed by atoms with Gasteiger partial charge in [0.05, 0.1) is 0 Å². The van der Waals surface area contributed by atoms with Crippen molar-refractivity contribution in [3.8, 4) is 0 Å². The minimum atomic E-state index is -0.560. The summed E-state index contributed by atoms with van der Waals surface area (Å²) in [6.07, 6.45) is 0.669. The lowest BCUT2D eigenvalue weighted by molar-refractivity contribution is -0.136. The molecule has 0 spiro atoms. The maximum Gasteiger partial charge on any atom is 0.255 e. The monoisotopic (exact) mass is 356 g/mol. The zero-order valence-corrected chi connectivity index (χ0v) is 15.1. The number of imide groups is 1. The Labute approximate surface area is 152 Å². The molecule has 7 nitrogen and oxygen atoms in total. The molecule has 138 valence electrons. The highest BCUT2D eigenvalue weighted by Gasteiger charge is 2.39. The van der Waals surface area contributed by atoms with Gasteiger partial charge >= 0.3 is 0 Å². The molecule has 3 heterocycles. The quantitative estimate of drug-likeness (QED) is 0.760. The van der Waals surface area contributed by atoms with Crippen LogP contribution >= 0.6 is 0 Å². The van der Waals surface area contributed by atoms with Gasteiger partial charge in [0.15, 0.2) is 0 Å². The first-order chi connectivity index (χ1) is 12.4. The Morgan fingerprint density at radius 3 is 2.50 bits per heavy atom. The number of amides is 3. The first kappa shape index (κ1) is 17.0. The summed E-state index contributed by atoms with van der Waals surface area (Å²) in [5, 5.41) is 5.86. The summed E-state index contributed by atoms with van der Waals surface area (Å²) in [6, 6.07) is 6.20. The van der Waals surface area contributed by atoms with Crippen LogP contribution in [0.5, 0.6) is 0 Å². The predicted molar refractivity (Wildman–Crippen MR) is 96.8 cm³/mol. The van der Waals surface area contributed by atoms with Crippen LogP contribution in [-0.2, 0) is 16.1 Å². The maximum absolute atomic E-state index is 12.8. The summed E-state index contributed by atoms with van der Waals surface area (Å²) in [4.78, 5) is 40.2. The fraction of sp³-hybridized carbons (Fsp3) is 0.526. The molecule has 4 rings (SSSR count). The fourth-order valence-corrected chi connectivity index (χ4v) is 4.30. The lowest BCUT2D eigenvalue weighted by atomic mass is 10.0. The van der Waals surface area contributed by atoms with Crippen LogP contribution in [0.2, 0.25) is 0 Å². The van der Waals surface area contributed by atoms with Gasteiger partial charge in [-0.3, -0.25) is 19.7 Å². The molecule has 2 N–H and O–H groups in total. The van der Waals surface area contributed by atoms with Crippen LogP contribution in [0.25, 0.3) is 0 Å². The van der Waals surface area contributed by atoms with Crippen molar-refractivity contribution in [2.24, 2.45) is 0 Å². The first-order valence-corrected chi connectivity index (χ1v) is 9.21. The highest BCUT2D eigenvalue weighted by Crippen LogP contribution is 2.31. The molecular weight excluding hydrogens is 332 g/mol. The minimum absolute atomic E-state index is 0.122. The van der Waals surface area contributed by atoms with Crippen molar-refractivity contribution in [3.05, 3.63) is 29.3 Å². The molecule has 2 unspecified atom stereocenters. The Bertz CT molecular complexity index is 768. The van der Waals surface area contributed by atoms with Crippen molar-refractivity contribution in [3.63, 3.8) is 0 Å². The Hall–Kier alpha value is -2.41. The van der Waals surface area contributed by atoms with Crippen molar-refractivity contribution in [1.29, 1.82) is 0 Å². The molecule has 3 aliphatic heterocycles. The summed E-state index contributed by atoms with van der Waals surface area (Å²) < 4.78 is 0. The number of fused-ring (bicyclic) bond motifs is 1. The van der Waals surface area contributed by atoms with E-state index in [9.17, 15) is 14.4 Å². The van der Waals surface area contributed by atoms with Crippen molar-refractivity contribution in [1.82, 2.24) is 15.5 Å². The second kappa shape index (κ2) is 6.39. The number of carbonyl (C=O) groups is 3. The molecule has 1 aromatic carbocycles. The summed E-state index contributed by atoms with van der Waals surface area (Å²) in [5.74, 6) is -0.755. The zero-order chi connectivity index (χ0) is 18.4. The van der Waals surface area contributed by atoms with E-state index in [1.54, 1.807) is 4.90 Å². The molecule has 0 saturated carbocycles. The number of nitrogens with one attached hydrogen (secondary N) is 2. The van der Waals surface area contributed by atoms with Gasteiger partial charge < -0.3 is 15.1 Å². The Kier molecular flexibility index (Phi) is 4.19. The number of piperazine rings is 1. The normalized spacial score (nSPS) is 29.0. The predicted octanol–water partition coefficient (Wildman–Crippen LogP) is 0.634. The average Bonchev–Trinajstić information content (AvgIpc) is 2.90. The second-order valence-electron chi connectivity index (χ2n) is 7.62. The van der Waals surface area contributed by atoms with Crippen LogP contribution in [0, 0.1) is 0 Å². The molecule has 3 amide bonds. The van der Waals surface area contributed by atoms with Crippen molar-refractivity contribution in [2.45, 2.75) is 51.4 Å². The number of piperidine rings is 1. The Morgan fingerprint density at radius 2 is 1.81 bits per heavy atom. The van der Waals surface area contributed by atoms with Gasteiger partial charge in [-0.15, -0.1) is 0 Å². The largest absolute Gasteiger partial charge is 0.368 e. The third kappa shape index (κ3) is 2.96. The number of nitrogens with zero attached hydrogens (tertiary/aromatic N) is 2. The third-order valence-corrected chi connectivity index (χ3v) is 5.43. The van der Waals surface area contributed by atoms with Gasteiger partial charge in [0.2, 0.25) is 11.8 Å². The van der Waals surface area contributed by atoms with E-state index in [4.69, 9.17) is 0 Å². The lowest BCUT2D eigenvalue weighted by Crippen LogP contribution is -2.54. The number of rotatable bonds is 2. The smallest absolute Gasteiger partial charge is 0.255 e. The third-order valence-electron chi connectivity index (χ3n) is 5.43. The molecule has 1 aromatic rings. The van der Waals surface area contributed by atoms with Gasteiger partial charge in [0.25, 0.3) is 5.91 Å². The number of hydrogen-bond acceptors (Lipinski definition) is 5. The van der Waals surface area contributed by atoms with Gasteiger partial charge in [-0.1, -0.05) is 0 Å². The minimum Gasteiger partial charge on any atom is -0.368 e. The van der Waals surface area contributed by atoms with E-state index in [-0.39, 0.29) is 24.1 Å². The van der Waals surface area contributed by atoms with Gasteiger partial charge in [-0.05, 0) is 44.0 Å². The standard InChI is InChI=1S/C19H24N4O3/c1-11-8-22(9-12(2)20-11)14-3-4-15-13(7-14)10-23(19(15)26)16-5-6-17(24)21-18(16)25/h3-4,7,11-12,16,20H,5-6,8-10H2,1-2H3,(H,21,24,25)/t11-,12?,16?/m0/s1. The fourth-order valence-electron chi connectivity index (χ4n) is 4.30. The number of benzene rings is 1. The molecule has 0 radical (unpaired) electrons. The Morgan fingerprint density at radius 1 is 1.08 bits per heavy atom. The molecule has 3 atom stereocenters. The van der Waals surface area contributed by atoms with Crippen LogP contribution in [0.15, 0.2) is 18.2 Å². The summed E-state index contributed by atoms with van der Waals surface area (Å²) in [6.45, 7) is 6.61. The van der Waals surface area contributed by atoms with Crippen LogP contribution in [0.3, 0.4) is 0 Å². The van der Waals surface area contributed by atoms with Gasteiger partial charge in [-0.25, -0.2) is 0 Å². The summed E-state index contributed by atoms with van der Waals surface area (Å²) >= 11 is 0. The SMILES string of the molecule is CC1CN(c2ccc3c(c2)CN(C2CCC(=O)NC2=O)C3=O)C[C@H](C)N1. The number of anilines is 1. The van der Waals surface area contributed by atoms with E-state index < -0.39 is 6.04 Å². The Balaban J connectivity index is 1.55. The molecular formula is C19H24N4O3. The molecule has 0 aromatic heterocycles. The lowest BCUT2D eigenvalue weighted by Gasteiger charge is -2.37. The molecule has 0 bridgehead atoms. The summed E-state index contributed by atoms with van der Waals surface area (Å²) in [5.41, 5.74) is 2.73. The molecule has 0 aliphatic carbocycles. The van der Waals surface area contributed by atoms with Crippen LogP contribution < -0.4 is 15.5 Å². The van der Waals surface area contributed by atoms with E-state index in [1.807, 2.05) is 12.1 Å². The van der Waals surface area contributed by atoms with E-state index in [0.717, 1.165) is 24.3 Å². The first-order valence-electron chi connectivity index (χ1n) is 9.21. The van der Waals surface area contributed by atoms with E-state index in [0.29, 0.717) is 30.6 Å². The van der Waals surface area contributed by atoms with Gasteiger partial charge in [0, 0.05) is 49.4 Å². The maximum atomic E-state index is 12.8. The van der Waals surface area contributed by atoms with Crippen LogP contribution in [0.1, 0.15) is 42.6 Å². The highest BCUT2D eigenvalue weighted by molar-refractivity contribution is 6.05. The topological polar surface area (TPSA) is 81.8 Å². The molecule has 2 saturated heterocycles. The summed E-state index contributed by atoms with van der Waals surface area (Å²) in [7, 11) is 0.